The van der Waals surface area contributed by atoms with E-state index in [4.69, 9.17) is 0 Å². The van der Waals surface area contributed by atoms with Crippen LogP contribution in [0.2, 0.25) is 0 Å². The molecule has 0 saturated heterocycles. The number of rotatable bonds is 6. The molecule has 0 amide bonds. The second kappa shape index (κ2) is 14.6. The molecule has 0 fully saturated rings. The van der Waals surface area contributed by atoms with Gasteiger partial charge in [0.05, 0.1) is 11.1 Å². The number of benzene rings is 10. The summed E-state index contributed by atoms with van der Waals surface area (Å²) in [7, 11) is 0. The standard InChI is InChI=1S/C61H41N/c1-4-18-42(19-5-1)44-32-35-47(36-33-44)62(60-31-17-14-24-49(60)45-22-8-3-9-23-45)48-37-39-55-54-38-34-46(43-20-6-2-7-21-43)40-58(54)61(59(55)41-48)56-29-15-12-27-52(56)50-25-10-11-26-51(50)53-28-13-16-30-57(53)61/h1-41H. The lowest BCUT2D eigenvalue weighted by Gasteiger charge is -2.36. The second-order valence-corrected chi connectivity index (χ2v) is 16.4. The van der Waals surface area contributed by atoms with Crippen LogP contribution in [0.5, 0.6) is 0 Å². The third-order valence-corrected chi connectivity index (χ3v) is 13.1. The van der Waals surface area contributed by atoms with Crippen LogP contribution in [-0.4, -0.2) is 0 Å². The summed E-state index contributed by atoms with van der Waals surface area (Å²) in [6.07, 6.45) is 0. The minimum absolute atomic E-state index is 0.639. The number of para-hydroxylation sites is 1. The number of anilines is 3. The van der Waals surface area contributed by atoms with Gasteiger partial charge in [-0.1, -0.05) is 212 Å². The minimum Gasteiger partial charge on any atom is -0.310 e. The molecule has 10 aromatic carbocycles. The zero-order valence-electron chi connectivity index (χ0n) is 34.1. The maximum Gasteiger partial charge on any atom is 0.0726 e. The van der Waals surface area contributed by atoms with Gasteiger partial charge in [0.25, 0.3) is 0 Å². The molecule has 2 aliphatic carbocycles. The lowest BCUT2D eigenvalue weighted by Crippen LogP contribution is -2.29. The monoisotopic (exact) mass is 787 g/mol. The fraction of sp³-hybridized carbons (Fsp3) is 0.0164. The minimum atomic E-state index is -0.639. The Hall–Kier alpha value is -8.00. The molecule has 1 nitrogen and oxygen atoms in total. The van der Waals surface area contributed by atoms with Crippen LogP contribution in [0.3, 0.4) is 0 Å². The summed E-state index contributed by atoms with van der Waals surface area (Å²) in [4.78, 5) is 2.47. The number of fused-ring (bicyclic) bond motifs is 12. The van der Waals surface area contributed by atoms with Crippen molar-refractivity contribution in [1.29, 1.82) is 0 Å². The van der Waals surface area contributed by atoms with Gasteiger partial charge in [-0.05, 0) is 120 Å². The first kappa shape index (κ1) is 35.9. The molecule has 10 aromatic rings. The molecule has 290 valence electrons. The molecule has 1 spiro atoms. The molecule has 0 N–H and O–H groups in total. The Labute approximate surface area is 363 Å². The number of hydrogen-bond donors (Lipinski definition) is 0. The molecule has 0 bridgehead atoms. The average molecular weight is 788 g/mol. The normalized spacial score (nSPS) is 12.6. The van der Waals surface area contributed by atoms with E-state index in [9.17, 15) is 0 Å². The van der Waals surface area contributed by atoms with Gasteiger partial charge in [-0.15, -0.1) is 0 Å². The highest BCUT2D eigenvalue weighted by Crippen LogP contribution is 2.62. The third-order valence-electron chi connectivity index (χ3n) is 13.1. The Balaban J connectivity index is 1.16. The molecule has 0 unspecified atom stereocenters. The van der Waals surface area contributed by atoms with Gasteiger partial charge in [-0.2, -0.15) is 0 Å². The zero-order chi connectivity index (χ0) is 41.0. The van der Waals surface area contributed by atoms with Gasteiger partial charge >= 0.3 is 0 Å². The molecule has 2 aliphatic rings. The van der Waals surface area contributed by atoms with Gasteiger partial charge in [0, 0.05) is 16.9 Å². The highest BCUT2D eigenvalue weighted by molar-refractivity contribution is 5.99. The van der Waals surface area contributed by atoms with Crippen LogP contribution in [0.4, 0.5) is 17.1 Å². The quantitative estimate of drug-likeness (QED) is 0.162. The van der Waals surface area contributed by atoms with Crippen LogP contribution in [0.25, 0.3) is 66.8 Å². The molecule has 0 aromatic heterocycles. The van der Waals surface area contributed by atoms with Gasteiger partial charge in [0.2, 0.25) is 0 Å². The highest BCUT2D eigenvalue weighted by atomic mass is 15.1. The van der Waals surface area contributed by atoms with Gasteiger partial charge < -0.3 is 4.90 Å². The van der Waals surface area contributed by atoms with E-state index in [0.29, 0.717) is 0 Å². The zero-order valence-corrected chi connectivity index (χ0v) is 34.1. The molecule has 0 saturated carbocycles. The summed E-state index contributed by atoms with van der Waals surface area (Å²) in [5.74, 6) is 0. The molecule has 1 heteroatoms. The maximum absolute atomic E-state index is 2.51. The summed E-state index contributed by atoms with van der Waals surface area (Å²) in [5, 5.41) is 0. The first-order valence-corrected chi connectivity index (χ1v) is 21.5. The van der Waals surface area contributed by atoms with E-state index < -0.39 is 5.41 Å². The van der Waals surface area contributed by atoms with Crippen LogP contribution >= 0.6 is 0 Å². The summed E-state index contributed by atoms with van der Waals surface area (Å²) < 4.78 is 0. The van der Waals surface area contributed by atoms with E-state index in [2.05, 4.69) is 254 Å². The van der Waals surface area contributed by atoms with Crippen LogP contribution < -0.4 is 4.90 Å². The van der Waals surface area contributed by atoms with Crippen molar-refractivity contribution in [2.24, 2.45) is 0 Å². The van der Waals surface area contributed by atoms with Gasteiger partial charge in [-0.3, -0.25) is 0 Å². The average Bonchev–Trinajstić information content (AvgIpc) is 3.58. The summed E-state index contributed by atoms with van der Waals surface area (Å²) in [6.45, 7) is 0. The Kier molecular flexibility index (Phi) is 8.47. The molecular formula is C61H41N. The Morgan fingerprint density at radius 2 is 0.613 bits per heavy atom. The van der Waals surface area contributed by atoms with Crippen molar-refractivity contribution in [2.75, 3.05) is 4.90 Å². The van der Waals surface area contributed by atoms with Crippen LogP contribution in [0.1, 0.15) is 22.3 Å². The summed E-state index contributed by atoms with van der Waals surface area (Å²) >= 11 is 0. The Bertz CT molecular complexity index is 3210. The largest absolute Gasteiger partial charge is 0.310 e. The lowest BCUT2D eigenvalue weighted by molar-refractivity contribution is 0.775. The fourth-order valence-electron chi connectivity index (χ4n) is 10.4. The van der Waals surface area contributed by atoms with Crippen LogP contribution in [0.15, 0.2) is 249 Å². The summed E-state index contributed by atoms with van der Waals surface area (Å²) in [6, 6.07) is 91.9. The Morgan fingerprint density at radius 1 is 0.226 bits per heavy atom. The first-order valence-electron chi connectivity index (χ1n) is 21.5. The highest BCUT2D eigenvalue weighted by Gasteiger charge is 2.50. The SMILES string of the molecule is c1ccc(-c2ccc(N(c3ccc4c(c3)C3(c5ccccc5-c5ccccc5-c5ccccc53)c3cc(-c5ccccc5)ccc3-4)c3ccccc3-c3ccccc3)cc2)cc1. The van der Waals surface area contributed by atoms with Crippen molar-refractivity contribution in [2.45, 2.75) is 5.41 Å². The van der Waals surface area contributed by atoms with E-state index in [1.165, 1.54) is 89.0 Å². The Morgan fingerprint density at radius 3 is 1.21 bits per heavy atom. The van der Waals surface area contributed by atoms with E-state index in [1.807, 2.05) is 0 Å². The third kappa shape index (κ3) is 5.56. The number of nitrogens with zero attached hydrogens (tertiary/aromatic N) is 1. The predicted octanol–water partition coefficient (Wildman–Crippen LogP) is 16.2. The van der Waals surface area contributed by atoms with Crippen molar-refractivity contribution in [3.63, 3.8) is 0 Å². The fourth-order valence-corrected chi connectivity index (χ4v) is 10.4. The molecule has 0 radical (unpaired) electrons. The topological polar surface area (TPSA) is 3.24 Å². The predicted molar refractivity (Wildman–Crippen MR) is 259 cm³/mol. The molecule has 12 rings (SSSR count). The molecular weight excluding hydrogens is 747 g/mol. The van der Waals surface area contributed by atoms with E-state index in [1.54, 1.807) is 0 Å². The second-order valence-electron chi connectivity index (χ2n) is 16.4. The van der Waals surface area contributed by atoms with E-state index in [-0.39, 0.29) is 0 Å². The van der Waals surface area contributed by atoms with Crippen molar-refractivity contribution in [3.05, 3.63) is 271 Å². The van der Waals surface area contributed by atoms with Crippen molar-refractivity contribution < 1.29 is 0 Å². The van der Waals surface area contributed by atoms with E-state index in [0.717, 1.165) is 17.1 Å². The molecule has 0 aliphatic heterocycles. The summed E-state index contributed by atoms with van der Waals surface area (Å²) in [5.41, 5.74) is 22.6. The molecule has 0 atom stereocenters. The maximum atomic E-state index is 2.51. The first-order chi connectivity index (χ1) is 30.8. The smallest absolute Gasteiger partial charge is 0.0726 e. The molecule has 0 heterocycles. The molecule has 62 heavy (non-hydrogen) atoms. The van der Waals surface area contributed by atoms with Crippen LogP contribution in [0, 0.1) is 0 Å². The van der Waals surface area contributed by atoms with Crippen LogP contribution in [-0.2, 0) is 5.41 Å². The van der Waals surface area contributed by atoms with Crippen molar-refractivity contribution >= 4 is 17.1 Å². The van der Waals surface area contributed by atoms with Crippen molar-refractivity contribution in [1.82, 2.24) is 0 Å². The number of hydrogen-bond acceptors (Lipinski definition) is 1. The van der Waals surface area contributed by atoms with Crippen molar-refractivity contribution in [3.8, 4) is 66.8 Å². The van der Waals surface area contributed by atoms with E-state index >= 15 is 0 Å². The van der Waals surface area contributed by atoms with Gasteiger partial charge in [0.1, 0.15) is 0 Å². The van der Waals surface area contributed by atoms with Gasteiger partial charge in [0.15, 0.2) is 0 Å². The lowest BCUT2D eigenvalue weighted by atomic mass is 9.65. The van der Waals surface area contributed by atoms with Gasteiger partial charge in [-0.25, -0.2) is 0 Å².